The van der Waals surface area contributed by atoms with Crippen LogP contribution < -0.4 is 9.47 Å². The molecule has 0 aliphatic carbocycles. The molecule has 84 valence electrons. The van der Waals surface area contributed by atoms with Gasteiger partial charge in [0, 0.05) is 17.2 Å². The maximum absolute atomic E-state index is 8.79. The lowest BCUT2D eigenvalue weighted by Crippen LogP contribution is -1.98. The van der Waals surface area contributed by atoms with Gasteiger partial charge in [-0.2, -0.15) is 0 Å². The summed E-state index contributed by atoms with van der Waals surface area (Å²) in [5, 5.41) is 9.43. The van der Waals surface area contributed by atoms with Gasteiger partial charge in [-0.1, -0.05) is 11.6 Å². The molecule has 4 heteroatoms. The van der Waals surface area contributed by atoms with Crippen LogP contribution in [-0.4, -0.2) is 25.9 Å². The SMILES string of the molecule is COc1ccc(Cl)c(CCCO)c1OC. The van der Waals surface area contributed by atoms with E-state index in [9.17, 15) is 0 Å². The van der Waals surface area contributed by atoms with Gasteiger partial charge in [0.15, 0.2) is 11.5 Å². The minimum atomic E-state index is 0.136. The summed E-state index contributed by atoms with van der Waals surface area (Å²) >= 11 is 6.06. The molecule has 1 aromatic carbocycles. The number of hydrogen-bond acceptors (Lipinski definition) is 3. The zero-order valence-corrected chi connectivity index (χ0v) is 9.67. The van der Waals surface area contributed by atoms with Crippen LogP contribution in [0.4, 0.5) is 0 Å². The third-order valence-corrected chi connectivity index (χ3v) is 2.53. The van der Waals surface area contributed by atoms with Crippen molar-refractivity contribution in [3.8, 4) is 11.5 Å². The van der Waals surface area contributed by atoms with Gasteiger partial charge in [0.1, 0.15) is 0 Å². The van der Waals surface area contributed by atoms with Crippen LogP contribution in [0.25, 0.3) is 0 Å². The fourth-order valence-corrected chi connectivity index (χ4v) is 1.70. The summed E-state index contributed by atoms with van der Waals surface area (Å²) in [6.07, 6.45) is 1.33. The number of halogens is 1. The van der Waals surface area contributed by atoms with Crippen molar-refractivity contribution < 1.29 is 14.6 Å². The van der Waals surface area contributed by atoms with Crippen molar-refractivity contribution in [2.75, 3.05) is 20.8 Å². The van der Waals surface area contributed by atoms with Gasteiger partial charge < -0.3 is 14.6 Å². The Labute approximate surface area is 94.6 Å². The average Bonchev–Trinajstić information content (AvgIpc) is 2.27. The number of rotatable bonds is 5. The maximum atomic E-state index is 8.79. The summed E-state index contributed by atoms with van der Waals surface area (Å²) in [7, 11) is 3.16. The van der Waals surface area contributed by atoms with E-state index in [0.29, 0.717) is 29.4 Å². The summed E-state index contributed by atoms with van der Waals surface area (Å²) in [5.74, 6) is 1.31. The first-order valence-corrected chi connectivity index (χ1v) is 5.12. The number of ether oxygens (including phenoxy) is 2. The second-order valence-electron chi connectivity index (χ2n) is 3.09. The van der Waals surface area contributed by atoms with Crippen LogP contribution in [0.5, 0.6) is 11.5 Å². The Morgan fingerprint density at radius 2 is 2.00 bits per heavy atom. The summed E-state index contributed by atoms with van der Waals surface area (Å²) in [6.45, 7) is 0.136. The zero-order valence-electron chi connectivity index (χ0n) is 8.92. The monoisotopic (exact) mass is 230 g/mol. The molecule has 0 amide bonds. The van der Waals surface area contributed by atoms with E-state index in [4.69, 9.17) is 26.2 Å². The highest BCUT2D eigenvalue weighted by atomic mass is 35.5. The summed E-state index contributed by atoms with van der Waals surface area (Å²) in [6, 6.07) is 3.54. The third kappa shape index (κ3) is 2.76. The van der Waals surface area contributed by atoms with Crippen molar-refractivity contribution in [2.24, 2.45) is 0 Å². The van der Waals surface area contributed by atoms with Crippen molar-refractivity contribution in [1.29, 1.82) is 0 Å². The van der Waals surface area contributed by atoms with Crippen LogP contribution in [0.1, 0.15) is 12.0 Å². The molecule has 0 unspecified atom stereocenters. The first-order chi connectivity index (χ1) is 7.24. The lowest BCUT2D eigenvalue weighted by molar-refractivity contribution is 0.287. The number of aliphatic hydroxyl groups is 1. The minimum absolute atomic E-state index is 0.136. The number of aliphatic hydroxyl groups excluding tert-OH is 1. The minimum Gasteiger partial charge on any atom is -0.493 e. The number of benzene rings is 1. The molecule has 0 bridgehead atoms. The molecule has 1 rings (SSSR count). The third-order valence-electron chi connectivity index (χ3n) is 2.18. The summed E-state index contributed by atoms with van der Waals surface area (Å²) in [4.78, 5) is 0. The molecular weight excluding hydrogens is 216 g/mol. The predicted molar refractivity (Wildman–Crippen MR) is 60.0 cm³/mol. The molecule has 0 fully saturated rings. The smallest absolute Gasteiger partial charge is 0.165 e. The van der Waals surface area contributed by atoms with Crippen molar-refractivity contribution in [1.82, 2.24) is 0 Å². The molecule has 0 aliphatic rings. The first-order valence-electron chi connectivity index (χ1n) is 4.74. The summed E-state index contributed by atoms with van der Waals surface area (Å²) in [5.41, 5.74) is 0.882. The van der Waals surface area contributed by atoms with Crippen LogP contribution in [0.3, 0.4) is 0 Å². The van der Waals surface area contributed by atoms with Gasteiger partial charge >= 0.3 is 0 Å². The largest absolute Gasteiger partial charge is 0.493 e. The molecule has 0 saturated carbocycles. The van der Waals surface area contributed by atoms with Gasteiger partial charge in [0.05, 0.1) is 14.2 Å². The molecule has 0 aromatic heterocycles. The highest BCUT2D eigenvalue weighted by molar-refractivity contribution is 6.31. The second-order valence-corrected chi connectivity index (χ2v) is 3.50. The van der Waals surface area contributed by atoms with Crippen LogP contribution in [-0.2, 0) is 6.42 Å². The molecule has 0 spiro atoms. The average molecular weight is 231 g/mol. The molecule has 0 radical (unpaired) electrons. The summed E-state index contributed by atoms with van der Waals surface area (Å²) < 4.78 is 10.4. The lowest BCUT2D eigenvalue weighted by Gasteiger charge is -2.13. The Kier molecular flexibility index (Phi) is 4.72. The molecule has 1 aromatic rings. The predicted octanol–water partition coefficient (Wildman–Crippen LogP) is 2.28. The maximum Gasteiger partial charge on any atom is 0.165 e. The molecular formula is C11H15ClO3. The Morgan fingerprint density at radius 3 is 2.53 bits per heavy atom. The van der Waals surface area contributed by atoms with Gasteiger partial charge in [-0.15, -0.1) is 0 Å². The Balaban J connectivity index is 3.07. The van der Waals surface area contributed by atoms with E-state index in [1.54, 1.807) is 26.4 Å². The van der Waals surface area contributed by atoms with E-state index in [1.165, 1.54) is 0 Å². The van der Waals surface area contributed by atoms with Crippen LogP contribution in [0.2, 0.25) is 5.02 Å². The van der Waals surface area contributed by atoms with Crippen molar-refractivity contribution >= 4 is 11.6 Å². The van der Waals surface area contributed by atoms with E-state index in [1.807, 2.05) is 0 Å². The van der Waals surface area contributed by atoms with Crippen LogP contribution >= 0.6 is 11.6 Å². The first kappa shape index (κ1) is 12.1. The fraction of sp³-hybridized carbons (Fsp3) is 0.455. The fourth-order valence-electron chi connectivity index (χ4n) is 1.46. The van der Waals surface area contributed by atoms with Gasteiger partial charge in [0.2, 0.25) is 0 Å². The molecule has 3 nitrogen and oxygen atoms in total. The van der Waals surface area contributed by atoms with Gasteiger partial charge in [0.25, 0.3) is 0 Å². The highest BCUT2D eigenvalue weighted by Crippen LogP contribution is 2.36. The van der Waals surface area contributed by atoms with E-state index >= 15 is 0 Å². The van der Waals surface area contributed by atoms with Gasteiger partial charge in [-0.25, -0.2) is 0 Å². The normalized spacial score (nSPS) is 10.1. The lowest BCUT2D eigenvalue weighted by atomic mass is 10.1. The standard InChI is InChI=1S/C11H15ClO3/c1-14-10-6-5-9(12)8(4-3-7-13)11(10)15-2/h5-6,13H,3-4,7H2,1-2H3. The van der Waals surface area contributed by atoms with Gasteiger partial charge in [-0.3, -0.25) is 0 Å². The van der Waals surface area contributed by atoms with E-state index in [-0.39, 0.29) is 6.61 Å². The number of hydrogen-bond donors (Lipinski definition) is 1. The topological polar surface area (TPSA) is 38.7 Å². The molecule has 1 N–H and O–H groups in total. The molecule has 15 heavy (non-hydrogen) atoms. The highest BCUT2D eigenvalue weighted by Gasteiger charge is 2.13. The van der Waals surface area contributed by atoms with Crippen molar-refractivity contribution in [2.45, 2.75) is 12.8 Å². The van der Waals surface area contributed by atoms with Gasteiger partial charge in [-0.05, 0) is 25.0 Å². The molecule has 0 heterocycles. The Bertz CT molecular complexity index is 326. The van der Waals surface area contributed by atoms with Crippen LogP contribution in [0, 0.1) is 0 Å². The second kappa shape index (κ2) is 5.83. The molecule has 0 saturated heterocycles. The van der Waals surface area contributed by atoms with Crippen LogP contribution in [0.15, 0.2) is 12.1 Å². The van der Waals surface area contributed by atoms with Crippen molar-refractivity contribution in [3.63, 3.8) is 0 Å². The zero-order chi connectivity index (χ0) is 11.3. The quantitative estimate of drug-likeness (QED) is 0.844. The van der Waals surface area contributed by atoms with E-state index in [2.05, 4.69) is 0 Å². The van der Waals surface area contributed by atoms with Crippen molar-refractivity contribution in [3.05, 3.63) is 22.7 Å². The molecule has 0 aliphatic heterocycles. The van der Waals surface area contributed by atoms with E-state index < -0.39 is 0 Å². The Hall–Kier alpha value is -0.930. The molecule has 0 atom stereocenters. The Morgan fingerprint density at radius 1 is 1.27 bits per heavy atom. The number of methoxy groups -OCH3 is 2. The van der Waals surface area contributed by atoms with E-state index in [0.717, 1.165) is 5.56 Å².